The summed E-state index contributed by atoms with van der Waals surface area (Å²) >= 11 is 0. The van der Waals surface area contributed by atoms with E-state index in [-0.39, 0.29) is 5.69 Å². The lowest BCUT2D eigenvalue weighted by Gasteiger charge is -2.15. The van der Waals surface area contributed by atoms with Crippen molar-refractivity contribution in [2.24, 2.45) is 0 Å². The molecule has 2 heterocycles. The lowest BCUT2D eigenvalue weighted by molar-refractivity contribution is -0.139. The Morgan fingerprint density at radius 3 is 2.91 bits per heavy atom. The van der Waals surface area contributed by atoms with Crippen LogP contribution in [0.15, 0.2) is 29.0 Å². The molecular formula is C15H14N2O5. The van der Waals surface area contributed by atoms with Crippen LogP contribution in [0, 0.1) is 6.92 Å². The van der Waals surface area contributed by atoms with Crippen molar-refractivity contribution < 1.29 is 23.8 Å². The molecule has 1 amide bonds. The number of oxazole rings is 1. The molecule has 22 heavy (non-hydrogen) atoms. The Hall–Kier alpha value is -2.83. The highest BCUT2D eigenvalue weighted by atomic mass is 16.5. The fourth-order valence-corrected chi connectivity index (χ4v) is 2.40. The van der Waals surface area contributed by atoms with E-state index in [1.54, 1.807) is 25.1 Å². The van der Waals surface area contributed by atoms with Crippen molar-refractivity contribution >= 4 is 11.9 Å². The molecule has 0 unspecified atom stereocenters. The smallest absolute Gasteiger partial charge is 0.330 e. The van der Waals surface area contributed by atoms with E-state index in [4.69, 9.17) is 9.15 Å². The summed E-state index contributed by atoms with van der Waals surface area (Å²) < 4.78 is 10.4. The van der Waals surface area contributed by atoms with Gasteiger partial charge in [-0.2, -0.15) is 0 Å². The van der Waals surface area contributed by atoms with E-state index in [1.807, 2.05) is 0 Å². The zero-order valence-electron chi connectivity index (χ0n) is 11.8. The van der Waals surface area contributed by atoms with E-state index in [1.165, 1.54) is 0 Å². The summed E-state index contributed by atoms with van der Waals surface area (Å²) in [4.78, 5) is 27.4. The van der Waals surface area contributed by atoms with Gasteiger partial charge >= 0.3 is 5.97 Å². The second-order valence-corrected chi connectivity index (χ2v) is 4.97. The number of nitrogens with zero attached hydrogens (tertiary/aromatic N) is 1. The zero-order valence-corrected chi connectivity index (χ0v) is 11.8. The number of carbonyl (C=O) groups excluding carboxylic acids is 1. The molecule has 0 spiro atoms. The first-order valence-corrected chi connectivity index (χ1v) is 6.75. The van der Waals surface area contributed by atoms with Crippen LogP contribution in [0.5, 0.6) is 5.75 Å². The van der Waals surface area contributed by atoms with Gasteiger partial charge in [-0.1, -0.05) is 6.07 Å². The summed E-state index contributed by atoms with van der Waals surface area (Å²) in [6.45, 7) is 2.17. The zero-order chi connectivity index (χ0) is 15.7. The number of carboxylic acid groups (broad SMARTS) is 1. The number of benzene rings is 1. The molecule has 7 nitrogen and oxygen atoms in total. The van der Waals surface area contributed by atoms with Crippen molar-refractivity contribution in [2.75, 3.05) is 6.61 Å². The summed E-state index contributed by atoms with van der Waals surface area (Å²) in [7, 11) is 0. The molecule has 1 aliphatic rings. The molecule has 1 aliphatic heterocycles. The molecule has 114 valence electrons. The van der Waals surface area contributed by atoms with Crippen LogP contribution < -0.4 is 10.1 Å². The quantitative estimate of drug-likeness (QED) is 0.887. The van der Waals surface area contributed by atoms with Crippen LogP contribution in [0.2, 0.25) is 0 Å². The predicted molar refractivity (Wildman–Crippen MR) is 74.7 cm³/mol. The summed E-state index contributed by atoms with van der Waals surface area (Å²) in [6, 6.07) is 3.95. The van der Waals surface area contributed by atoms with E-state index in [9.17, 15) is 14.7 Å². The van der Waals surface area contributed by atoms with Crippen molar-refractivity contribution in [2.45, 2.75) is 19.4 Å². The molecule has 1 atom stereocenters. The molecule has 0 saturated heterocycles. The summed E-state index contributed by atoms with van der Waals surface area (Å²) in [5.74, 6) is -0.640. The Bertz CT molecular complexity index is 737. The molecule has 0 aliphatic carbocycles. The van der Waals surface area contributed by atoms with Crippen LogP contribution in [0.1, 0.15) is 33.4 Å². The Morgan fingerprint density at radius 1 is 1.41 bits per heavy atom. The SMILES string of the molecule is Cc1ocnc1C(=O)N[C@H](C(=O)O)c1ccc2c(c1)CCO2. The van der Waals surface area contributed by atoms with Crippen molar-refractivity contribution in [1.29, 1.82) is 0 Å². The second-order valence-electron chi connectivity index (χ2n) is 4.97. The number of aromatic nitrogens is 1. The van der Waals surface area contributed by atoms with Gasteiger partial charge in [-0.05, 0) is 30.2 Å². The lowest BCUT2D eigenvalue weighted by atomic mass is 10.0. The number of carbonyl (C=O) groups is 2. The Balaban J connectivity index is 1.86. The van der Waals surface area contributed by atoms with Gasteiger partial charge < -0.3 is 19.6 Å². The van der Waals surface area contributed by atoms with Crippen molar-refractivity contribution in [3.05, 3.63) is 47.2 Å². The van der Waals surface area contributed by atoms with Crippen LogP contribution in [0.3, 0.4) is 0 Å². The van der Waals surface area contributed by atoms with E-state index in [0.717, 1.165) is 24.1 Å². The first-order chi connectivity index (χ1) is 10.6. The minimum absolute atomic E-state index is 0.0794. The number of hydrogen-bond donors (Lipinski definition) is 2. The van der Waals surface area contributed by atoms with Crippen LogP contribution in [-0.4, -0.2) is 28.6 Å². The lowest BCUT2D eigenvalue weighted by Crippen LogP contribution is -2.34. The maximum absolute atomic E-state index is 12.1. The number of aliphatic carboxylic acids is 1. The van der Waals surface area contributed by atoms with Gasteiger partial charge in [0.25, 0.3) is 5.91 Å². The summed E-state index contributed by atoms with van der Waals surface area (Å²) in [5.41, 5.74) is 1.51. The van der Waals surface area contributed by atoms with Crippen LogP contribution in [-0.2, 0) is 11.2 Å². The third kappa shape index (κ3) is 2.52. The molecule has 0 saturated carbocycles. The topological polar surface area (TPSA) is 102 Å². The highest BCUT2D eigenvalue weighted by Crippen LogP contribution is 2.28. The number of ether oxygens (including phenoxy) is 1. The Kier molecular flexibility index (Phi) is 3.54. The standard InChI is InChI=1S/C15H14N2O5/c1-8-12(16-7-22-8)14(18)17-13(15(19)20)10-2-3-11-9(6-10)4-5-21-11/h2-3,6-7,13H,4-5H2,1H3,(H,17,18)(H,19,20)/t13-/m0/s1. The van der Waals surface area contributed by atoms with E-state index < -0.39 is 17.9 Å². The molecule has 7 heteroatoms. The number of aryl methyl sites for hydroxylation is 1. The molecule has 0 bridgehead atoms. The number of nitrogens with one attached hydrogen (secondary N) is 1. The van der Waals surface area contributed by atoms with Crippen molar-refractivity contribution in [3.63, 3.8) is 0 Å². The average Bonchev–Trinajstić information content (AvgIpc) is 3.11. The predicted octanol–water partition coefficient (Wildman–Crippen LogP) is 1.47. The highest BCUT2D eigenvalue weighted by Gasteiger charge is 2.26. The van der Waals surface area contributed by atoms with E-state index >= 15 is 0 Å². The molecule has 2 aromatic rings. The van der Waals surface area contributed by atoms with Gasteiger partial charge in [0, 0.05) is 6.42 Å². The van der Waals surface area contributed by atoms with E-state index in [2.05, 4.69) is 10.3 Å². The van der Waals surface area contributed by atoms with Crippen LogP contribution >= 0.6 is 0 Å². The van der Waals surface area contributed by atoms with Gasteiger partial charge in [0.2, 0.25) is 0 Å². The van der Waals surface area contributed by atoms with Crippen LogP contribution in [0.25, 0.3) is 0 Å². The maximum atomic E-state index is 12.1. The highest BCUT2D eigenvalue weighted by molar-refractivity contribution is 5.95. The molecule has 1 aromatic heterocycles. The molecular weight excluding hydrogens is 288 g/mol. The minimum atomic E-state index is -1.16. The van der Waals surface area contributed by atoms with Crippen molar-refractivity contribution in [3.8, 4) is 5.75 Å². The van der Waals surface area contributed by atoms with Gasteiger partial charge in [-0.3, -0.25) is 4.79 Å². The molecule has 3 rings (SSSR count). The maximum Gasteiger partial charge on any atom is 0.330 e. The Labute approximate surface area is 125 Å². The van der Waals surface area contributed by atoms with E-state index in [0.29, 0.717) is 17.9 Å². The number of carboxylic acids is 1. The van der Waals surface area contributed by atoms with Gasteiger partial charge in [-0.15, -0.1) is 0 Å². The van der Waals surface area contributed by atoms with Crippen molar-refractivity contribution in [1.82, 2.24) is 10.3 Å². The normalized spacial score (nSPS) is 14.0. The summed E-state index contributed by atoms with van der Waals surface area (Å²) in [6.07, 6.45) is 1.87. The molecule has 0 fully saturated rings. The fourth-order valence-electron chi connectivity index (χ4n) is 2.40. The molecule has 2 N–H and O–H groups in total. The molecule has 0 radical (unpaired) electrons. The minimum Gasteiger partial charge on any atom is -0.493 e. The molecule has 1 aromatic carbocycles. The first-order valence-electron chi connectivity index (χ1n) is 6.75. The van der Waals surface area contributed by atoms with Gasteiger partial charge in [0.1, 0.15) is 11.5 Å². The number of hydrogen-bond acceptors (Lipinski definition) is 5. The fraction of sp³-hybridized carbons (Fsp3) is 0.267. The number of amides is 1. The number of rotatable bonds is 4. The van der Waals surface area contributed by atoms with Gasteiger partial charge in [-0.25, -0.2) is 9.78 Å². The number of fused-ring (bicyclic) bond motifs is 1. The Morgan fingerprint density at radius 2 is 2.23 bits per heavy atom. The second kappa shape index (κ2) is 5.51. The first kappa shape index (κ1) is 14.1. The van der Waals surface area contributed by atoms with Gasteiger partial charge in [0.05, 0.1) is 6.61 Å². The van der Waals surface area contributed by atoms with Crippen LogP contribution in [0.4, 0.5) is 0 Å². The largest absolute Gasteiger partial charge is 0.493 e. The third-order valence-corrected chi connectivity index (χ3v) is 3.53. The van der Waals surface area contributed by atoms with Gasteiger partial charge in [0.15, 0.2) is 18.1 Å². The third-order valence-electron chi connectivity index (χ3n) is 3.53. The monoisotopic (exact) mass is 302 g/mol. The average molecular weight is 302 g/mol. The summed E-state index contributed by atoms with van der Waals surface area (Å²) in [5, 5.41) is 11.9.